The lowest BCUT2D eigenvalue weighted by Crippen LogP contribution is -2.45. The number of carbonyl (C=O) groups is 1. The van der Waals surface area contributed by atoms with Crippen LogP contribution in [-0.4, -0.2) is 61.7 Å². The summed E-state index contributed by atoms with van der Waals surface area (Å²) in [6.07, 6.45) is 2.04. The molecule has 1 amide bonds. The summed E-state index contributed by atoms with van der Waals surface area (Å²) in [5.74, 6) is 1.78. The number of benzene rings is 2. The van der Waals surface area contributed by atoms with E-state index in [-0.39, 0.29) is 18.1 Å². The highest BCUT2D eigenvalue weighted by atomic mass is 16.6. The molecule has 3 aliphatic heterocycles. The molecular formula is C24H28N2O4. The highest BCUT2D eigenvalue weighted by Gasteiger charge is 2.32. The van der Waals surface area contributed by atoms with E-state index in [9.17, 15) is 4.79 Å². The molecule has 2 aromatic carbocycles. The van der Waals surface area contributed by atoms with E-state index in [0.29, 0.717) is 26.4 Å². The van der Waals surface area contributed by atoms with Crippen LogP contribution in [0.3, 0.4) is 0 Å². The quantitative estimate of drug-likeness (QED) is 0.778. The molecule has 6 heteroatoms. The van der Waals surface area contributed by atoms with Gasteiger partial charge >= 0.3 is 0 Å². The summed E-state index contributed by atoms with van der Waals surface area (Å²) < 4.78 is 17.3. The SMILES string of the molecule is O=C(CN1CCOC(c2ccccc2)C1)N1CCCC1c1ccc2c(c1)OCCO2. The smallest absolute Gasteiger partial charge is 0.237 e. The Morgan fingerprint density at radius 1 is 0.933 bits per heavy atom. The summed E-state index contributed by atoms with van der Waals surface area (Å²) in [6.45, 7) is 4.60. The molecule has 2 saturated heterocycles. The summed E-state index contributed by atoms with van der Waals surface area (Å²) >= 11 is 0. The van der Waals surface area contributed by atoms with E-state index in [1.54, 1.807) is 0 Å². The third-order valence-electron chi connectivity index (χ3n) is 6.20. The lowest BCUT2D eigenvalue weighted by molar-refractivity contribution is -0.135. The number of hydrogen-bond acceptors (Lipinski definition) is 5. The number of rotatable bonds is 4. The van der Waals surface area contributed by atoms with Crippen LogP contribution in [0.25, 0.3) is 0 Å². The number of amides is 1. The first-order valence-electron chi connectivity index (χ1n) is 10.9. The van der Waals surface area contributed by atoms with Crippen LogP contribution >= 0.6 is 0 Å². The fraction of sp³-hybridized carbons (Fsp3) is 0.458. The van der Waals surface area contributed by atoms with Crippen molar-refractivity contribution in [3.8, 4) is 11.5 Å². The molecule has 0 saturated carbocycles. The van der Waals surface area contributed by atoms with Crippen LogP contribution in [0.1, 0.15) is 36.1 Å². The zero-order valence-electron chi connectivity index (χ0n) is 17.2. The lowest BCUT2D eigenvalue weighted by Gasteiger charge is -2.34. The second-order valence-electron chi connectivity index (χ2n) is 8.15. The molecule has 3 heterocycles. The van der Waals surface area contributed by atoms with E-state index in [1.165, 1.54) is 5.56 Å². The van der Waals surface area contributed by atoms with Crippen LogP contribution in [-0.2, 0) is 9.53 Å². The van der Waals surface area contributed by atoms with Gasteiger partial charge < -0.3 is 19.1 Å². The number of nitrogens with zero attached hydrogens (tertiary/aromatic N) is 2. The van der Waals surface area contributed by atoms with Crippen molar-refractivity contribution in [2.45, 2.75) is 25.0 Å². The minimum Gasteiger partial charge on any atom is -0.486 e. The molecule has 2 aromatic rings. The molecule has 6 nitrogen and oxygen atoms in total. The van der Waals surface area contributed by atoms with Gasteiger partial charge in [-0.25, -0.2) is 0 Å². The van der Waals surface area contributed by atoms with Gasteiger partial charge in [0.2, 0.25) is 5.91 Å². The first-order chi connectivity index (χ1) is 14.8. The number of morpholine rings is 1. The molecule has 5 rings (SSSR count). The van der Waals surface area contributed by atoms with Crippen molar-refractivity contribution < 1.29 is 19.0 Å². The zero-order valence-corrected chi connectivity index (χ0v) is 17.2. The van der Waals surface area contributed by atoms with Crippen LogP contribution in [0.2, 0.25) is 0 Å². The average molecular weight is 408 g/mol. The topological polar surface area (TPSA) is 51.2 Å². The Hall–Kier alpha value is -2.57. The number of likely N-dealkylation sites (tertiary alicyclic amines) is 1. The molecule has 0 spiro atoms. The monoisotopic (exact) mass is 408 g/mol. The number of hydrogen-bond donors (Lipinski definition) is 0. The van der Waals surface area contributed by atoms with Crippen molar-refractivity contribution in [2.75, 3.05) is 46.0 Å². The predicted molar refractivity (Wildman–Crippen MR) is 113 cm³/mol. The van der Waals surface area contributed by atoms with Gasteiger partial charge in [0, 0.05) is 19.6 Å². The molecule has 2 unspecified atom stereocenters. The molecule has 0 aliphatic carbocycles. The second-order valence-corrected chi connectivity index (χ2v) is 8.15. The first-order valence-corrected chi connectivity index (χ1v) is 10.9. The van der Waals surface area contributed by atoms with Crippen LogP contribution in [0.4, 0.5) is 0 Å². The van der Waals surface area contributed by atoms with Gasteiger partial charge in [-0.1, -0.05) is 36.4 Å². The van der Waals surface area contributed by atoms with E-state index in [4.69, 9.17) is 14.2 Å². The van der Waals surface area contributed by atoms with Crippen LogP contribution in [0.5, 0.6) is 11.5 Å². The third kappa shape index (κ3) is 4.02. The third-order valence-corrected chi connectivity index (χ3v) is 6.20. The molecule has 0 radical (unpaired) electrons. The van der Waals surface area contributed by atoms with E-state index in [0.717, 1.165) is 49.5 Å². The predicted octanol–water partition coefficient (Wildman–Crippen LogP) is 3.19. The largest absolute Gasteiger partial charge is 0.486 e. The summed E-state index contributed by atoms with van der Waals surface area (Å²) in [6, 6.07) is 16.5. The Labute approximate surface area is 177 Å². The van der Waals surface area contributed by atoms with Gasteiger partial charge in [0.25, 0.3) is 0 Å². The number of carbonyl (C=O) groups excluding carboxylic acids is 1. The van der Waals surface area contributed by atoms with Gasteiger partial charge in [-0.05, 0) is 36.1 Å². The van der Waals surface area contributed by atoms with Crippen molar-refractivity contribution in [2.24, 2.45) is 0 Å². The van der Waals surface area contributed by atoms with Gasteiger partial charge in [0.1, 0.15) is 13.2 Å². The van der Waals surface area contributed by atoms with Crippen LogP contribution in [0, 0.1) is 0 Å². The average Bonchev–Trinajstić information content (AvgIpc) is 3.30. The maximum atomic E-state index is 13.2. The summed E-state index contributed by atoms with van der Waals surface area (Å²) in [5, 5.41) is 0. The van der Waals surface area contributed by atoms with E-state index < -0.39 is 0 Å². The van der Waals surface area contributed by atoms with Crippen molar-refractivity contribution >= 4 is 5.91 Å². The second kappa shape index (κ2) is 8.66. The normalized spacial score (nSPS) is 24.1. The number of fused-ring (bicyclic) bond motifs is 1. The minimum atomic E-state index is 0.0277. The van der Waals surface area contributed by atoms with Crippen molar-refractivity contribution in [3.63, 3.8) is 0 Å². The molecular weight excluding hydrogens is 380 g/mol. The Bertz CT molecular complexity index is 888. The van der Waals surface area contributed by atoms with E-state index in [1.807, 2.05) is 35.2 Å². The maximum Gasteiger partial charge on any atom is 0.237 e. The Morgan fingerprint density at radius 3 is 2.63 bits per heavy atom. The summed E-state index contributed by atoms with van der Waals surface area (Å²) in [4.78, 5) is 17.5. The molecule has 0 bridgehead atoms. The van der Waals surface area contributed by atoms with Gasteiger partial charge in [-0.2, -0.15) is 0 Å². The van der Waals surface area contributed by atoms with Gasteiger partial charge in [-0.3, -0.25) is 9.69 Å². The molecule has 30 heavy (non-hydrogen) atoms. The highest BCUT2D eigenvalue weighted by molar-refractivity contribution is 5.79. The molecule has 3 aliphatic rings. The van der Waals surface area contributed by atoms with E-state index in [2.05, 4.69) is 23.1 Å². The van der Waals surface area contributed by atoms with Gasteiger partial charge in [0.05, 0.1) is 25.3 Å². The molecule has 2 atom stereocenters. The summed E-state index contributed by atoms with van der Waals surface area (Å²) in [5.41, 5.74) is 2.30. The summed E-state index contributed by atoms with van der Waals surface area (Å²) in [7, 11) is 0. The molecule has 158 valence electrons. The van der Waals surface area contributed by atoms with Crippen molar-refractivity contribution in [1.82, 2.24) is 9.80 Å². The highest BCUT2D eigenvalue weighted by Crippen LogP contribution is 2.38. The Kier molecular flexibility index (Phi) is 5.60. The van der Waals surface area contributed by atoms with Gasteiger partial charge in [0.15, 0.2) is 11.5 Å². The Balaban J connectivity index is 1.25. The maximum absolute atomic E-state index is 13.2. The lowest BCUT2D eigenvalue weighted by atomic mass is 10.0. The van der Waals surface area contributed by atoms with Crippen LogP contribution < -0.4 is 9.47 Å². The standard InChI is InChI=1S/C24H28N2O4/c27-24(17-25-11-12-28-23(16-25)18-5-2-1-3-6-18)26-10-4-7-20(26)19-8-9-21-22(15-19)30-14-13-29-21/h1-3,5-6,8-9,15,20,23H,4,7,10-14,16-17H2. The fourth-order valence-corrected chi connectivity index (χ4v) is 4.68. The minimum absolute atomic E-state index is 0.0277. The molecule has 0 aromatic heterocycles. The fourth-order valence-electron chi connectivity index (χ4n) is 4.68. The molecule has 0 N–H and O–H groups in total. The van der Waals surface area contributed by atoms with E-state index >= 15 is 0 Å². The Morgan fingerprint density at radius 2 is 1.77 bits per heavy atom. The van der Waals surface area contributed by atoms with Crippen molar-refractivity contribution in [1.29, 1.82) is 0 Å². The van der Waals surface area contributed by atoms with Crippen LogP contribution in [0.15, 0.2) is 48.5 Å². The zero-order chi connectivity index (χ0) is 20.3. The van der Waals surface area contributed by atoms with Gasteiger partial charge in [-0.15, -0.1) is 0 Å². The van der Waals surface area contributed by atoms with Crippen molar-refractivity contribution in [3.05, 3.63) is 59.7 Å². The molecule has 2 fully saturated rings. The number of ether oxygens (including phenoxy) is 3. The first kappa shape index (κ1) is 19.4.